The van der Waals surface area contributed by atoms with E-state index in [9.17, 15) is 9.90 Å². The van der Waals surface area contributed by atoms with Gasteiger partial charge in [0.1, 0.15) is 6.04 Å². The Morgan fingerprint density at radius 1 is 1.08 bits per heavy atom. The Hall–Kier alpha value is -2.59. The predicted octanol–water partition coefficient (Wildman–Crippen LogP) is 0.992. The Balaban J connectivity index is 2.62. The number of carbonyl (C=O) groups is 1. The van der Waals surface area contributed by atoms with Crippen LogP contribution in [0.25, 0.3) is 0 Å². The standard InChI is InChI=1S/C16H22N6O2S2/c1-10(19-21-15(25)17-3)11(2)20-22-16(26)18-13(14(23)24)9-12-7-5-4-6-8-12/h4-8,13H,9H2,1-3H3,(H,23,24)(H2,17,21,25)(H2,18,22,26)/b19-10+,20-11+. The van der Waals surface area contributed by atoms with Crippen molar-refractivity contribution < 1.29 is 9.90 Å². The monoisotopic (exact) mass is 394 g/mol. The summed E-state index contributed by atoms with van der Waals surface area (Å²) in [5.41, 5.74) is 7.33. The lowest BCUT2D eigenvalue weighted by molar-refractivity contribution is -0.139. The van der Waals surface area contributed by atoms with Crippen molar-refractivity contribution in [2.75, 3.05) is 7.05 Å². The second-order valence-electron chi connectivity index (χ2n) is 5.25. The average molecular weight is 395 g/mol. The first-order valence-electron chi connectivity index (χ1n) is 7.73. The maximum absolute atomic E-state index is 11.4. The van der Waals surface area contributed by atoms with E-state index < -0.39 is 12.0 Å². The molecule has 5 N–H and O–H groups in total. The van der Waals surface area contributed by atoms with Gasteiger partial charge in [0, 0.05) is 13.5 Å². The van der Waals surface area contributed by atoms with Crippen LogP contribution in [0.2, 0.25) is 0 Å². The van der Waals surface area contributed by atoms with E-state index in [4.69, 9.17) is 24.4 Å². The molecule has 1 aromatic rings. The van der Waals surface area contributed by atoms with E-state index in [-0.39, 0.29) is 5.11 Å². The van der Waals surface area contributed by atoms with E-state index in [1.807, 2.05) is 30.3 Å². The minimum absolute atomic E-state index is 0.110. The van der Waals surface area contributed by atoms with Crippen molar-refractivity contribution in [2.24, 2.45) is 10.2 Å². The number of hydrogen-bond acceptors (Lipinski definition) is 5. The molecule has 1 rings (SSSR count). The number of benzene rings is 1. The summed E-state index contributed by atoms with van der Waals surface area (Å²) in [6.07, 6.45) is 0.298. The van der Waals surface area contributed by atoms with Gasteiger partial charge in [-0.3, -0.25) is 10.9 Å². The Morgan fingerprint density at radius 2 is 1.62 bits per heavy atom. The molecule has 0 radical (unpaired) electrons. The van der Waals surface area contributed by atoms with Crippen LogP contribution < -0.4 is 21.5 Å². The fraction of sp³-hybridized carbons (Fsp3) is 0.312. The highest BCUT2D eigenvalue weighted by Gasteiger charge is 2.18. The number of carboxylic acid groups (broad SMARTS) is 1. The van der Waals surface area contributed by atoms with Crippen molar-refractivity contribution >= 4 is 52.1 Å². The maximum Gasteiger partial charge on any atom is 0.326 e. The number of aliphatic carboxylic acids is 1. The third-order valence-corrected chi connectivity index (χ3v) is 3.79. The van der Waals surface area contributed by atoms with E-state index in [0.717, 1.165) is 5.56 Å². The highest BCUT2D eigenvalue weighted by atomic mass is 32.1. The summed E-state index contributed by atoms with van der Waals surface area (Å²) < 4.78 is 0. The normalized spacial score (nSPS) is 12.7. The molecular formula is C16H22N6O2S2. The fourth-order valence-electron chi connectivity index (χ4n) is 1.73. The number of nitrogens with zero attached hydrogens (tertiary/aromatic N) is 2. The number of hydrogen-bond donors (Lipinski definition) is 5. The molecule has 0 aliphatic carbocycles. The smallest absolute Gasteiger partial charge is 0.326 e. The van der Waals surface area contributed by atoms with Crippen molar-refractivity contribution in [3.05, 3.63) is 35.9 Å². The third-order valence-electron chi connectivity index (χ3n) is 3.29. The second-order valence-corrected chi connectivity index (χ2v) is 6.07. The van der Waals surface area contributed by atoms with Crippen LogP contribution in [-0.4, -0.2) is 45.8 Å². The summed E-state index contributed by atoms with van der Waals surface area (Å²) in [5, 5.41) is 23.5. The topological polar surface area (TPSA) is 110 Å². The van der Waals surface area contributed by atoms with Gasteiger partial charge in [-0.1, -0.05) is 30.3 Å². The lowest BCUT2D eigenvalue weighted by Crippen LogP contribution is -2.46. The van der Waals surface area contributed by atoms with Crippen molar-refractivity contribution in [1.29, 1.82) is 0 Å². The van der Waals surface area contributed by atoms with Gasteiger partial charge in [-0.25, -0.2) is 4.79 Å². The van der Waals surface area contributed by atoms with Gasteiger partial charge in [0.25, 0.3) is 0 Å². The van der Waals surface area contributed by atoms with Gasteiger partial charge < -0.3 is 15.7 Å². The predicted molar refractivity (Wildman–Crippen MR) is 111 cm³/mol. The molecule has 0 amide bonds. The summed E-state index contributed by atoms with van der Waals surface area (Å²) in [4.78, 5) is 11.4. The number of hydrazone groups is 2. The van der Waals surface area contributed by atoms with E-state index in [1.54, 1.807) is 20.9 Å². The molecular weight excluding hydrogens is 372 g/mol. The Kier molecular flexibility index (Phi) is 9.17. The minimum atomic E-state index is -0.999. The number of carboxylic acids is 1. The van der Waals surface area contributed by atoms with Crippen molar-refractivity contribution in [3.63, 3.8) is 0 Å². The average Bonchev–Trinajstić information content (AvgIpc) is 2.63. The van der Waals surface area contributed by atoms with Crippen LogP contribution >= 0.6 is 24.4 Å². The summed E-state index contributed by atoms with van der Waals surface area (Å²) in [6.45, 7) is 3.48. The SMILES string of the molecule is CNC(=S)N/N=C(C)/C(C)=N/NC(=S)NC(Cc1ccccc1)C(=O)O. The Labute approximate surface area is 163 Å². The minimum Gasteiger partial charge on any atom is -0.480 e. The van der Waals surface area contributed by atoms with Crippen LogP contribution in [-0.2, 0) is 11.2 Å². The molecule has 0 aliphatic heterocycles. The number of rotatable bonds is 7. The molecule has 0 spiro atoms. The van der Waals surface area contributed by atoms with Gasteiger partial charge in [0.2, 0.25) is 0 Å². The van der Waals surface area contributed by atoms with Gasteiger partial charge >= 0.3 is 5.97 Å². The first-order valence-corrected chi connectivity index (χ1v) is 8.55. The van der Waals surface area contributed by atoms with Gasteiger partial charge in [-0.05, 0) is 43.8 Å². The molecule has 0 aliphatic rings. The van der Waals surface area contributed by atoms with E-state index in [1.165, 1.54) is 0 Å². The molecule has 0 aromatic heterocycles. The molecule has 0 heterocycles. The highest BCUT2D eigenvalue weighted by Crippen LogP contribution is 2.03. The number of nitrogens with one attached hydrogen (secondary N) is 4. The zero-order valence-electron chi connectivity index (χ0n) is 14.7. The van der Waals surface area contributed by atoms with Gasteiger partial charge in [-0.15, -0.1) is 0 Å². The summed E-state index contributed by atoms with van der Waals surface area (Å²) in [7, 11) is 1.68. The molecule has 26 heavy (non-hydrogen) atoms. The summed E-state index contributed by atoms with van der Waals surface area (Å²) >= 11 is 10.0. The maximum atomic E-state index is 11.4. The summed E-state index contributed by atoms with van der Waals surface area (Å²) in [5.74, 6) is -0.999. The third kappa shape index (κ3) is 7.99. The largest absolute Gasteiger partial charge is 0.480 e. The zero-order chi connectivity index (χ0) is 19.5. The van der Waals surface area contributed by atoms with Crippen molar-refractivity contribution in [2.45, 2.75) is 26.3 Å². The molecule has 0 fully saturated rings. The van der Waals surface area contributed by atoms with E-state index in [2.05, 4.69) is 31.7 Å². The molecule has 0 saturated heterocycles. The van der Waals surface area contributed by atoms with Crippen LogP contribution in [0.5, 0.6) is 0 Å². The van der Waals surface area contributed by atoms with Crippen LogP contribution in [0.3, 0.4) is 0 Å². The number of thiocarbonyl (C=S) groups is 2. The second kappa shape index (κ2) is 11.1. The molecule has 0 bridgehead atoms. The first kappa shape index (κ1) is 21.5. The zero-order valence-corrected chi connectivity index (χ0v) is 16.4. The molecule has 10 heteroatoms. The first-order chi connectivity index (χ1) is 12.3. The van der Waals surface area contributed by atoms with Gasteiger partial charge in [0.05, 0.1) is 11.4 Å². The van der Waals surface area contributed by atoms with Crippen molar-refractivity contribution in [1.82, 2.24) is 21.5 Å². The Morgan fingerprint density at radius 3 is 2.12 bits per heavy atom. The lowest BCUT2D eigenvalue weighted by Gasteiger charge is -2.16. The molecule has 140 valence electrons. The molecule has 1 aromatic carbocycles. The summed E-state index contributed by atoms with van der Waals surface area (Å²) in [6, 6.07) is 8.44. The van der Waals surface area contributed by atoms with Crippen LogP contribution in [0.15, 0.2) is 40.5 Å². The van der Waals surface area contributed by atoms with Gasteiger partial charge in [-0.2, -0.15) is 10.2 Å². The van der Waals surface area contributed by atoms with E-state index >= 15 is 0 Å². The quantitative estimate of drug-likeness (QED) is 0.265. The molecule has 1 atom stereocenters. The molecule has 1 unspecified atom stereocenters. The fourth-order valence-corrected chi connectivity index (χ4v) is 1.96. The lowest BCUT2D eigenvalue weighted by atomic mass is 10.1. The molecule has 0 saturated carbocycles. The van der Waals surface area contributed by atoms with Crippen LogP contribution in [0, 0.1) is 0 Å². The van der Waals surface area contributed by atoms with Crippen LogP contribution in [0.4, 0.5) is 0 Å². The van der Waals surface area contributed by atoms with Gasteiger partial charge in [0.15, 0.2) is 10.2 Å². The van der Waals surface area contributed by atoms with Crippen molar-refractivity contribution in [3.8, 4) is 0 Å². The van der Waals surface area contributed by atoms with E-state index in [0.29, 0.717) is 23.0 Å². The van der Waals surface area contributed by atoms with Crippen LogP contribution in [0.1, 0.15) is 19.4 Å². The highest BCUT2D eigenvalue weighted by molar-refractivity contribution is 7.80. The Bertz CT molecular complexity index is 706. The molecule has 8 nitrogen and oxygen atoms in total.